The van der Waals surface area contributed by atoms with Gasteiger partial charge in [-0.2, -0.15) is 10.1 Å². The van der Waals surface area contributed by atoms with Gasteiger partial charge in [0.1, 0.15) is 0 Å². The Morgan fingerprint density at radius 2 is 1.68 bits per heavy atom. The van der Waals surface area contributed by atoms with Crippen LogP contribution in [0.4, 0.5) is 10.5 Å². The number of amides is 2. The smallest absolute Gasteiger partial charge is 0.340 e. The number of benzene rings is 1. The summed E-state index contributed by atoms with van der Waals surface area (Å²) in [5.74, 6) is 0. The van der Waals surface area contributed by atoms with Crippen LogP contribution in [0.3, 0.4) is 0 Å². The molecule has 108 valence electrons. The van der Waals surface area contributed by atoms with Crippen molar-refractivity contribution in [2.45, 2.75) is 0 Å². The second-order valence-electron chi connectivity index (χ2n) is 4.51. The molecule has 3 aromatic rings. The Hall–Kier alpha value is -3.35. The highest BCUT2D eigenvalue weighted by molar-refractivity contribution is 5.90. The minimum atomic E-state index is -0.919. The second kappa shape index (κ2) is 5.21. The van der Waals surface area contributed by atoms with Crippen molar-refractivity contribution in [1.29, 1.82) is 0 Å². The zero-order chi connectivity index (χ0) is 15.7. The first-order valence-corrected chi connectivity index (χ1v) is 6.36. The zero-order valence-electron chi connectivity index (χ0n) is 11.3. The normalized spacial score (nSPS) is 10.5. The van der Waals surface area contributed by atoms with E-state index < -0.39 is 16.9 Å². The van der Waals surface area contributed by atoms with Gasteiger partial charge in [0, 0.05) is 17.0 Å². The molecular weight excluding hydrogens is 284 g/mol. The fourth-order valence-corrected chi connectivity index (χ4v) is 2.14. The molecule has 0 aliphatic carbocycles. The van der Waals surface area contributed by atoms with Crippen LogP contribution in [0, 0.1) is 0 Å². The first-order valence-electron chi connectivity index (χ1n) is 6.36. The Labute approximate surface area is 123 Å². The maximum Gasteiger partial charge on any atom is 0.340 e. The van der Waals surface area contributed by atoms with Crippen molar-refractivity contribution in [3.8, 4) is 0 Å². The number of urea groups is 1. The van der Waals surface area contributed by atoms with Crippen LogP contribution in [0.5, 0.6) is 0 Å². The van der Waals surface area contributed by atoms with Gasteiger partial charge >= 0.3 is 6.03 Å². The third kappa shape index (κ3) is 2.14. The number of nitrogens with zero attached hydrogens (tertiary/aromatic N) is 3. The molecule has 0 saturated heterocycles. The summed E-state index contributed by atoms with van der Waals surface area (Å²) in [4.78, 5) is 39.9. The van der Waals surface area contributed by atoms with E-state index >= 15 is 0 Å². The van der Waals surface area contributed by atoms with Gasteiger partial charge in [0.15, 0.2) is 5.36 Å². The van der Waals surface area contributed by atoms with Crippen LogP contribution in [0.15, 0.2) is 63.5 Å². The van der Waals surface area contributed by atoms with Crippen molar-refractivity contribution >= 4 is 22.5 Å². The molecule has 0 unspecified atom stereocenters. The van der Waals surface area contributed by atoms with E-state index in [0.717, 1.165) is 5.01 Å². The fourth-order valence-electron chi connectivity index (χ4n) is 2.14. The predicted molar refractivity (Wildman–Crippen MR) is 80.7 cm³/mol. The van der Waals surface area contributed by atoms with E-state index in [9.17, 15) is 14.4 Å². The number of carbonyl (C=O) groups excluding carboxylic acids is 1. The van der Waals surface area contributed by atoms with Crippen molar-refractivity contribution < 1.29 is 4.79 Å². The molecule has 2 amide bonds. The Balaban J connectivity index is 2.29. The van der Waals surface area contributed by atoms with Gasteiger partial charge in [0.25, 0.3) is 0 Å². The molecule has 2 N–H and O–H groups in total. The van der Waals surface area contributed by atoms with Crippen LogP contribution in [0.1, 0.15) is 0 Å². The number of hydrogen-bond donors (Lipinski definition) is 1. The summed E-state index contributed by atoms with van der Waals surface area (Å²) < 4.78 is 0. The minimum Gasteiger partial charge on any atom is -0.350 e. The molecule has 0 atom stereocenters. The fraction of sp³-hybridized carbons (Fsp3) is 0. The quantitative estimate of drug-likeness (QED) is 0.683. The number of nitrogens with two attached hydrogens (primary N) is 1. The first-order chi connectivity index (χ1) is 10.6. The summed E-state index contributed by atoms with van der Waals surface area (Å²) >= 11 is 0. The van der Waals surface area contributed by atoms with Crippen LogP contribution in [-0.2, 0) is 0 Å². The van der Waals surface area contributed by atoms with E-state index in [1.165, 1.54) is 24.5 Å². The average Bonchev–Trinajstić information content (AvgIpc) is 2.78. The van der Waals surface area contributed by atoms with Crippen molar-refractivity contribution in [3.63, 3.8) is 0 Å². The number of pyridine rings is 1. The highest BCUT2D eigenvalue weighted by Gasteiger charge is 2.15. The lowest BCUT2D eigenvalue weighted by Gasteiger charge is -2.12. The van der Waals surface area contributed by atoms with E-state index in [0.29, 0.717) is 0 Å². The molecule has 0 bridgehead atoms. The Morgan fingerprint density at radius 3 is 2.18 bits per heavy atom. The van der Waals surface area contributed by atoms with Gasteiger partial charge in [-0.15, -0.1) is 0 Å². The number of aromatic nitrogens is 1. The molecule has 2 aromatic carbocycles. The number of anilines is 1. The van der Waals surface area contributed by atoms with E-state index in [2.05, 4.69) is 10.1 Å². The van der Waals surface area contributed by atoms with Crippen LogP contribution >= 0.6 is 0 Å². The molecule has 0 radical (unpaired) electrons. The summed E-state index contributed by atoms with van der Waals surface area (Å²) in [6, 6.07) is 8.59. The Bertz CT molecular complexity index is 955. The first kappa shape index (κ1) is 13.6. The van der Waals surface area contributed by atoms with Crippen molar-refractivity contribution in [2.75, 3.05) is 5.01 Å². The van der Waals surface area contributed by atoms with Gasteiger partial charge in [-0.05, 0) is 12.1 Å². The lowest BCUT2D eigenvalue weighted by atomic mass is 10.2. The highest BCUT2D eigenvalue weighted by Crippen LogP contribution is 2.11. The second-order valence-corrected chi connectivity index (χ2v) is 4.51. The molecule has 1 heterocycles. The molecule has 0 fully saturated rings. The van der Waals surface area contributed by atoms with Gasteiger partial charge in [-0.3, -0.25) is 14.6 Å². The van der Waals surface area contributed by atoms with E-state index in [-0.39, 0.29) is 21.8 Å². The van der Waals surface area contributed by atoms with Crippen LogP contribution < -0.4 is 27.0 Å². The SMILES string of the molecule is NC(=O)N(N=c1c(=O)c2ccccc2c1=O)c1cccnc1. The zero-order valence-corrected chi connectivity index (χ0v) is 11.3. The van der Waals surface area contributed by atoms with E-state index in [1.54, 1.807) is 24.3 Å². The Morgan fingerprint density at radius 1 is 1.05 bits per heavy atom. The van der Waals surface area contributed by atoms with Gasteiger partial charge in [-0.25, -0.2) is 4.79 Å². The topological polar surface area (TPSA) is 106 Å². The van der Waals surface area contributed by atoms with E-state index in [4.69, 9.17) is 5.73 Å². The Kier molecular flexibility index (Phi) is 3.23. The average molecular weight is 294 g/mol. The molecule has 7 nitrogen and oxygen atoms in total. The summed E-state index contributed by atoms with van der Waals surface area (Å²) in [5.41, 5.74) is 4.47. The van der Waals surface area contributed by atoms with Crippen LogP contribution in [0.2, 0.25) is 0 Å². The maximum atomic E-state index is 12.3. The number of fused-ring (bicyclic) bond motifs is 1. The van der Waals surface area contributed by atoms with E-state index in [1.807, 2.05) is 0 Å². The van der Waals surface area contributed by atoms with Gasteiger partial charge in [0.05, 0.1) is 11.9 Å². The van der Waals surface area contributed by atoms with Crippen LogP contribution in [-0.4, -0.2) is 11.0 Å². The molecule has 22 heavy (non-hydrogen) atoms. The summed E-state index contributed by atoms with van der Waals surface area (Å²) in [5, 5.41) is 4.83. The largest absolute Gasteiger partial charge is 0.350 e. The number of hydrogen-bond acceptors (Lipinski definition) is 5. The molecule has 1 aromatic heterocycles. The third-order valence-electron chi connectivity index (χ3n) is 3.15. The predicted octanol–water partition coefficient (Wildman–Crippen LogP) is 0.232. The molecule has 0 saturated carbocycles. The molecular formula is C15H10N4O3. The van der Waals surface area contributed by atoms with Crippen molar-refractivity contribution in [1.82, 2.24) is 4.98 Å². The van der Waals surface area contributed by atoms with Crippen molar-refractivity contribution in [2.24, 2.45) is 10.8 Å². The molecule has 0 spiro atoms. The number of carbonyl (C=O) groups is 1. The minimum absolute atomic E-state index is 0.263. The lowest BCUT2D eigenvalue weighted by Crippen LogP contribution is -2.40. The maximum absolute atomic E-state index is 12.3. The lowest BCUT2D eigenvalue weighted by molar-refractivity contribution is 0.254. The van der Waals surface area contributed by atoms with Crippen LogP contribution in [0.25, 0.3) is 10.8 Å². The summed E-state index contributed by atoms with van der Waals surface area (Å²) in [6.45, 7) is 0. The monoisotopic (exact) mass is 294 g/mol. The van der Waals surface area contributed by atoms with Gasteiger partial charge < -0.3 is 5.73 Å². The number of primary amides is 1. The number of rotatable bonds is 2. The third-order valence-corrected chi connectivity index (χ3v) is 3.15. The molecule has 7 heteroatoms. The molecule has 3 rings (SSSR count). The molecule has 0 aliphatic heterocycles. The summed E-state index contributed by atoms with van der Waals surface area (Å²) in [6.07, 6.45) is 2.86. The van der Waals surface area contributed by atoms with Gasteiger partial charge in [-0.1, -0.05) is 24.3 Å². The molecule has 0 aliphatic rings. The summed E-state index contributed by atoms with van der Waals surface area (Å²) in [7, 11) is 0. The van der Waals surface area contributed by atoms with Crippen molar-refractivity contribution in [3.05, 3.63) is 74.6 Å². The van der Waals surface area contributed by atoms with Gasteiger partial charge in [0.2, 0.25) is 10.9 Å². The highest BCUT2D eigenvalue weighted by atomic mass is 16.2. The standard InChI is InChI=1S/C15H10N4O3/c16-15(22)19(9-4-3-7-17-8-9)18-12-13(20)10-5-1-2-6-11(10)14(12)21/h1-8H,(H2,16,22).